The van der Waals surface area contributed by atoms with Crippen molar-refractivity contribution in [2.75, 3.05) is 5.32 Å². The van der Waals surface area contributed by atoms with Crippen LogP contribution in [0.3, 0.4) is 0 Å². The van der Waals surface area contributed by atoms with Crippen LogP contribution >= 0.6 is 11.3 Å². The van der Waals surface area contributed by atoms with Crippen molar-refractivity contribution in [3.8, 4) is 0 Å². The van der Waals surface area contributed by atoms with Crippen LogP contribution in [0.15, 0.2) is 36.4 Å². The largest absolute Gasteiger partial charge is 0.360 e. The van der Waals surface area contributed by atoms with Gasteiger partial charge in [-0.2, -0.15) is 0 Å². The van der Waals surface area contributed by atoms with Crippen LogP contribution in [0.5, 0.6) is 0 Å². The molecule has 5 heteroatoms. The highest BCUT2D eigenvalue weighted by Crippen LogP contribution is 2.40. The van der Waals surface area contributed by atoms with Crippen molar-refractivity contribution < 1.29 is 4.79 Å². The molecule has 2 N–H and O–H groups in total. The lowest BCUT2D eigenvalue weighted by Gasteiger charge is -2.26. The lowest BCUT2D eigenvalue weighted by Crippen LogP contribution is -2.37. The highest BCUT2D eigenvalue weighted by atomic mass is 32.1. The average Bonchev–Trinajstić information content (AvgIpc) is 3.17. The van der Waals surface area contributed by atoms with Crippen LogP contribution in [0, 0.1) is 0 Å². The fraction of sp³-hybridized carbons (Fsp3) is 0.222. The molecule has 114 valence electrons. The third-order valence-electron chi connectivity index (χ3n) is 4.61. The summed E-state index contributed by atoms with van der Waals surface area (Å²) in [5.41, 5.74) is 4.53. The lowest BCUT2D eigenvalue weighted by molar-refractivity contribution is 0.0940. The summed E-state index contributed by atoms with van der Waals surface area (Å²) in [5, 5.41) is 7.62. The standard InChI is InChI=1S/C18H15N3OS/c22-17-15-14(20-16(21-17)10-5-2-1-3-6-10)12-9-11-7-4-8-13(11)19-18(12)23-15/h1-3,5-6,9,16,20H,4,7-8H2,(H,21,22)/t16-/m1/s1. The number of aromatic nitrogens is 1. The van der Waals surface area contributed by atoms with Gasteiger partial charge in [0.2, 0.25) is 0 Å². The van der Waals surface area contributed by atoms with E-state index in [1.165, 1.54) is 29.0 Å². The van der Waals surface area contributed by atoms with Crippen molar-refractivity contribution >= 4 is 33.1 Å². The summed E-state index contributed by atoms with van der Waals surface area (Å²) in [6, 6.07) is 12.2. The van der Waals surface area contributed by atoms with E-state index in [4.69, 9.17) is 4.98 Å². The van der Waals surface area contributed by atoms with Gasteiger partial charge in [0.1, 0.15) is 15.9 Å². The van der Waals surface area contributed by atoms with Crippen LogP contribution in [-0.4, -0.2) is 10.9 Å². The molecule has 1 aliphatic heterocycles. The molecule has 3 heterocycles. The van der Waals surface area contributed by atoms with Gasteiger partial charge >= 0.3 is 0 Å². The molecule has 0 bridgehead atoms. The first-order valence-electron chi connectivity index (χ1n) is 7.87. The highest BCUT2D eigenvalue weighted by molar-refractivity contribution is 7.21. The van der Waals surface area contributed by atoms with E-state index in [0.717, 1.165) is 39.2 Å². The van der Waals surface area contributed by atoms with E-state index in [2.05, 4.69) is 16.7 Å². The highest BCUT2D eigenvalue weighted by Gasteiger charge is 2.29. The Morgan fingerprint density at radius 1 is 1.13 bits per heavy atom. The first-order valence-corrected chi connectivity index (χ1v) is 8.69. The Morgan fingerprint density at radius 2 is 2.00 bits per heavy atom. The number of benzene rings is 1. The molecule has 1 aromatic carbocycles. The Kier molecular flexibility index (Phi) is 2.73. The van der Waals surface area contributed by atoms with Gasteiger partial charge in [-0.1, -0.05) is 30.3 Å². The molecular weight excluding hydrogens is 306 g/mol. The number of rotatable bonds is 1. The zero-order chi connectivity index (χ0) is 15.4. The summed E-state index contributed by atoms with van der Waals surface area (Å²) in [6.07, 6.45) is 3.14. The maximum atomic E-state index is 12.5. The molecule has 0 saturated heterocycles. The number of thiophene rings is 1. The van der Waals surface area contributed by atoms with Gasteiger partial charge in [0, 0.05) is 11.1 Å². The zero-order valence-corrected chi connectivity index (χ0v) is 13.2. The minimum Gasteiger partial charge on any atom is -0.360 e. The van der Waals surface area contributed by atoms with E-state index in [0.29, 0.717) is 0 Å². The molecule has 4 nitrogen and oxygen atoms in total. The molecule has 0 spiro atoms. The zero-order valence-electron chi connectivity index (χ0n) is 12.4. The van der Waals surface area contributed by atoms with Gasteiger partial charge < -0.3 is 10.6 Å². The Hall–Kier alpha value is -2.40. The molecular formula is C18H15N3OS. The SMILES string of the molecule is O=C1N[C@H](c2ccccc2)Nc2c1sc1nc3c(cc21)CCC3. The number of anilines is 1. The maximum Gasteiger partial charge on any atom is 0.265 e. The van der Waals surface area contributed by atoms with Crippen LogP contribution in [0.1, 0.15) is 39.1 Å². The topological polar surface area (TPSA) is 54.0 Å². The molecule has 0 unspecified atom stereocenters. The number of carbonyl (C=O) groups is 1. The summed E-state index contributed by atoms with van der Waals surface area (Å²) in [7, 11) is 0. The number of hydrogen-bond acceptors (Lipinski definition) is 4. The summed E-state index contributed by atoms with van der Waals surface area (Å²) in [5.74, 6) is -0.0178. The fourth-order valence-corrected chi connectivity index (χ4v) is 4.52. The first-order chi connectivity index (χ1) is 11.3. The van der Waals surface area contributed by atoms with Crippen LogP contribution in [0.2, 0.25) is 0 Å². The second-order valence-corrected chi connectivity index (χ2v) is 7.07. The van der Waals surface area contributed by atoms with Gasteiger partial charge in [0.25, 0.3) is 5.91 Å². The number of nitrogens with one attached hydrogen (secondary N) is 2. The maximum absolute atomic E-state index is 12.5. The van der Waals surface area contributed by atoms with Crippen molar-refractivity contribution in [1.82, 2.24) is 10.3 Å². The molecule has 0 fully saturated rings. The van der Waals surface area contributed by atoms with Crippen LogP contribution < -0.4 is 10.6 Å². The number of amides is 1. The molecule has 0 saturated carbocycles. The molecule has 2 aliphatic rings. The third kappa shape index (κ3) is 1.96. The second kappa shape index (κ2) is 4.80. The normalized spacial score (nSPS) is 19.1. The Labute approximate surface area is 137 Å². The monoisotopic (exact) mass is 321 g/mol. The number of hydrogen-bond donors (Lipinski definition) is 2. The van der Waals surface area contributed by atoms with Gasteiger partial charge in [-0.15, -0.1) is 11.3 Å². The molecule has 23 heavy (non-hydrogen) atoms. The molecule has 0 radical (unpaired) electrons. The quantitative estimate of drug-likeness (QED) is 0.719. The average molecular weight is 321 g/mol. The minimum atomic E-state index is -0.192. The smallest absolute Gasteiger partial charge is 0.265 e. The summed E-state index contributed by atoms with van der Waals surface area (Å²) in [6.45, 7) is 0. The Morgan fingerprint density at radius 3 is 2.87 bits per heavy atom. The van der Waals surface area contributed by atoms with Crippen molar-refractivity contribution in [3.05, 3.63) is 58.1 Å². The number of pyridine rings is 1. The molecule has 2 aromatic heterocycles. The molecule has 3 aromatic rings. The van der Waals surface area contributed by atoms with E-state index < -0.39 is 0 Å². The number of aryl methyl sites for hydroxylation is 2. The molecule has 1 atom stereocenters. The van der Waals surface area contributed by atoms with Gasteiger partial charge in [-0.05, 0) is 36.5 Å². The van der Waals surface area contributed by atoms with E-state index in [9.17, 15) is 4.79 Å². The summed E-state index contributed by atoms with van der Waals surface area (Å²) in [4.78, 5) is 19.0. The van der Waals surface area contributed by atoms with Gasteiger partial charge in [0.15, 0.2) is 0 Å². The van der Waals surface area contributed by atoms with E-state index >= 15 is 0 Å². The number of carbonyl (C=O) groups excluding carboxylic acids is 1. The number of fused-ring (bicyclic) bond motifs is 4. The van der Waals surface area contributed by atoms with E-state index in [-0.39, 0.29) is 12.1 Å². The van der Waals surface area contributed by atoms with Gasteiger partial charge in [-0.3, -0.25) is 4.79 Å². The predicted molar refractivity (Wildman–Crippen MR) is 91.9 cm³/mol. The first kappa shape index (κ1) is 13.1. The van der Waals surface area contributed by atoms with E-state index in [1.807, 2.05) is 30.3 Å². The van der Waals surface area contributed by atoms with Gasteiger partial charge in [0.05, 0.1) is 5.69 Å². The second-order valence-electron chi connectivity index (χ2n) is 6.07. The van der Waals surface area contributed by atoms with Crippen molar-refractivity contribution in [2.24, 2.45) is 0 Å². The fourth-order valence-electron chi connectivity index (χ4n) is 3.47. The van der Waals surface area contributed by atoms with Crippen molar-refractivity contribution in [3.63, 3.8) is 0 Å². The molecule has 1 amide bonds. The van der Waals surface area contributed by atoms with Crippen LogP contribution in [-0.2, 0) is 12.8 Å². The van der Waals surface area contributed by atoms with Crippen LogP contribution in [0.4, 0.5) is 5.69 Å². The third-order valence-corrected chi connectivity index (χ3v) is 5.71. The summed E-state index contributed by atoms with van der Waals surface area (Å²) < 4.78 is 0. The van der Waals surface area contributed by atoms with E-state index in [1.54, 1.807) is 0 Å². The number of nitrogens with zero attached hydrogens (tertiary/aromatic N) is 1. The molecule has 5 rings (SSSR count). The Balaban J connectivity index is 1.65. The predicted octanol–water partition coefficient (Wildman–Crippen LogP) is 3.64. The summed E-state index contributed by atoms with van der Waals surface area (Å²) >= 11 is 1.49. The minimum absolute atomic E-state index is 0.0178. The lowest BCUT2D eigenvalue weighted by atomic mass is 10.1. The van der Waals surface area contributed by atoms with Crippen LogP contribution in [0.25, 0.3) is 10.2 Å². The van der Waals surface area contributed by atoms with Gasteiger partial charge in [-0.25, -0.2) is 4.98 Å². The van der Waals surface area contributed by atoms with Crippen molar-refractivity contribution in [1.29, 1.82) is 0 Å². The van der Waals surface area contributed by atoms with Crippen molar-refractivity contribution in [2.45, 2.75) is 25.4 Å². The molecule has 1 aliphatic carbocycles. The Bertz CT molecular complexity index is 932.